The summed E-state index contributed by atoms with van der Waals surface area (Å²) in [5, 5.41) is 3.65. The Labute approximate surface area is 129 Å². The minimum Gasteiger partial charge on any atom is -0.381 e. The number of hydrogen-bond acceptors (Lipinski definition) is 3. The fourth-order valence-corrected chi connectivity index (χ4v) is 3.51. The molecule has 1 amide bonds. The van der Waals surface area contributed by atoms with Crippen LogP contribution in [0, 0.1) is 11.8 Å². The molecular formula is C17H32N2O2. The van der Waals surface area contributed by atoms with Crippen LogP contribution in [0.2, 0.25) is 0 Å². The van der Waals surface area contributed by atoms with Gasteiger partial charge in [-0.3, -0.25) is 4.79 Å². The zero-order valence-corrected chi connectivity index (χ0v) is 13.8. The van der Waals surface area contributed by atoms with Crippen LogP contribution in [0.5, 0.6) is 0 Å². The third-order valence-electron chi connectivity index (χ3n) is 5.11. The topological polar surface area (TPSA) is 41.6 Å². The lowest BCUT2D eigenvalue weighted by molar-refractivity contribution is -0.131. The largest absolute Gasteiger partial charge is 0.381 e. The van der Waals surface area contributed by atoms with Crippen LogP contribution in [0.15, 0.2) is 0 Å². The molecule has 0 spiro atoms. The Morgan fingerprint density at radius 2 is 2.19 bits per heavy atom. The van der Waals surface area contributed by atoms with E-state index in [1.54, 1.807) is 0 Å². The zero-order chi connectivity index (χ0) is 15.1. The first-order valence-corrected chi connectivity index (χ1v) is 8.83. The van der Waals surface area contributed by atoms with Gasteiger partial charge in [0.15, 0.2) is 0 Å². The van der Waals surface area contributed by atoms with Crippen molar-refractivity contribution in [3.8, 4) is 0 Å². The van der Waals surface area contributed by atoms with Crippen LogP contribution in [0.25, 0.3) is 0 Å². The molecule has 2 fully saturated rings. The summed E-state index contributed by atoms with van der Waals surface area (Å²) in [5.41, 5.74) is 0. The van der Waals surface area contributed by atoms with E-state index in [2.05, 4.69) is 24.1 Å². The summed E-state index contributed by atoms with van der Waals surface area (Å²) in [4.78, 5) is 14.5. The molecule has 4 heteroatoms. The predicted octanol–water partition coefficient (Wildman–Crippen LogP) is 2.43. The molecule has 0 radical (unpaired) electrons. The Bertz CT molecular complexity index is 316. The van der Waals surface area contributed by atoms with Gasteiger partial charge < -0.3 is 15.0 Å². The van der Waals surface area contributed by atoms with Crippen molar-refractivity contribution in [3.63, 3.8) is 0 Å². The molecule has 0 bridgehead atoms. The number of hydrogen-bond donors (Lipinski definition) is 1. The summed E-state index contributed by atoms with van der Waals surface area (Å²) in [5.74, 6) is 1.65. The highest BCUT2D eigenvalue weighted by Gasteiger charge is 2.29. The van der Waals surface area contributed by atoms with E-state index in [0.717, 1.165) is 64.4 Å². The van der Waals surface area contributed by atoms with Crippen LogP contribution < -0.4 is 5.32 Å². The smallest absolute Gasteiger partial charge is 0.222 e. The number of nitrogens with one attached hydrogen (secondary N) is 1. The van der Waals surface area contributed by atoms with Gasteiger partial charge in [0, 0.05) is 38.1 Å². The lowest BCUT2D eigenvalue weighted by Crippen LogP contribution is -2.48. The van der Waals surface area contributed by atoms with E-state index in [1.807, 2.05) is 0 Å². The van der Waals surface area contributed by atoms with E-state index < -0.39 is 0 Å². The highest BCUT2D eigenvalue weighted by molar-refractivity contribution is 5.76. The number of ether oxygens (including phenoxy) is 1. The first kappa shape index (κ1) is 16.8. The molecule has 0 aromatic heterocycles. The molecule has 2 heterocycles. The van der Waals surface area contributed by atoms with Crippen LogP contribution in [-0.2, 0) is 9.53 Å². The average Bonchev–Trinajstić information content (AvgIpc) is 2.97. The first-order chi connectivity index (χ1) is 10.2. The lowest BCUT2D eigenvalue weighted by Gasteiger charge is -2.30. The molecule has 0 aliphatic carbocycles. The Morgan fingerprint density at radius 3 is 2.86 bits per heavy atom. The minimum absolute atomic E-state index is 0.355. The predicted molar refractivity (Wildman–Crippen MR) is 85.2 cm³/mol. The molecule has 4 nitrogen and oxygen atoms in total. The maximum Gasteiger partial charge on any atom is 0.222 e. The van der Waals surface area contributed by atoms with Crippen LogP contribution in [0.4, 0.5) is 0 Å². The van der Waals surface area contributed by atoms with Gasteiger partial charge in [-0.1, -0.05) is 20.3 Å². The fourth-order valence-electron chi connectivity index (χ4n) is 3.51. The SMILES string of the molecule is CCCNC(CN1CCC(CC)CCC1=O)C1CCOC1. The number of likely N-dealkylation sites (tertiary alicyclic amines) is 1. The highest BCUT2D eigenvalue weighted by atomic mass is 16.5. The maximum absolute atomic E-state index is 12.4. The Balaban J connectivity index is 1.92. The summed E-state index contributed by atoms with van der Waals surface area (Å²) in [6.07, 6.45) is 6.45. The normalized spacial score (nSPS) is 28.7. The molecule has 0 aromatic carbocycles. The second kappa shape index (κ2) is 8.74. The summed E-state index contributed by atoms with van der Waals surface area (Å²) < 4.78 is 5.55. The molecule has 122 valence electrons. The number of carbonyl (C=O) groups is 1. The van der Waals surface area contributed by atoms with Crippen molar-refractivity contribution < 1.29 is 9.53 Å². The van der Waals surface area contributed by atoms with E-state index in [0.29, 0.717) is 17.9 Å². The van der Waals surface area contributed by atoms with Crippen molar-refractivity contribution in [1.82, 2.24) is 10.2 Å². The standard InChI is InChI=1S/C17H32N2O2/c1-3-9-18-16(15-8-11-21-13-15)12-19-10-7-14(4-2)5-6-17(19)20/h14-16,18H,3-13H2,1-2H3. The minimum atomic E-state index is 0.355. The molecule has 2 aliphatic heterocycles. The molecule has 3 unspecified atom stereocenters. The molecule has 0 aromatic rings. The van der Waals surface area contributed by atoms with Crippen LogP contribution in [0.3, 0.4) is 0 Å². The van der Waals surface area contributed by atoms with Gasteiger partial charge in [-0.25, -0.2) is 0 Å². The quantitative estimate of drug-likeness (QED) is 0.784. The monoisotopic (exact) mass is 296 g/mol. The average molecular weight is 296 g/mol. The molecule has 2 aliphatic rings. The van der Waals surface area contributed by atoms with E-state index in [4.69, 9.17) is 4.74 Å². The van der Waals surface area contributed by atoms with Gasteiger partial charge in [0.1, 0.15) is 0 Å². The maximum atomic E-state index is 12.4. The Morgan fingerprint density at radius 1 is 1.33 bits per heavy atom. The number of rotatable bonds is 7. The Hall–Kier alpha value is -0.610. The van der Waals surface area contributed by atoms with Crippen LogP contribution >= 0.6 is 0 Å². The lowest BCUT2D eigenvalue weighted by atomic mass is 9.97. The van der Waals surface area contributed by atoms with Gasteiger partial charge >= 0.3 is 0 Å². The van der Waals surface area contributed by atoms with Crippen molar-refractivity contribution in [2.75, 3.05) is 32.8 Å². The number of nitrogens with zero attached hydrogens (tertiary/aromatic N) is 1. The molecule has 0 saturated carbocycles. The van der Waals surface area contributed by atoms with Crippen LogP contribution in [-0.4, -0.2) is 49.7 Å². The van der Waals surface area contributed by atoms with Gasteiger partial charge in [0.05, 0.1) is 6.61 Å². The molecule has 3 atom stereocenters. The highest BCUT2D eigenvalue weighted by Crippen LogP contribution is 2.23. The summed E-state index contributed by atoms with van der Waals surface area (Å²) in [6.45, 7) is 8.99. The van der Waals surface area contributed by atoms with E-state index in [9.17, 15) is 4.79 Å². The molecule has 2 saturated heterocycles. The molecule has 2 rings (SSSR count). The fraction of sp³-hybridized carbons (Fsp3) is 0.941. The number of carbonyl (C=O) groups excluding carboxylic acids is 1. The van der Waals surface area contributed by atoms with Gasteiger partial charge in [0.2, 0.25) is 5.91 Å². The van der Waals surface area contributed by atoms with Crippen molar-refractivity contribution in [2.45, 2.75) is 58.4 Å². The summed E-state index contributed by atoms with van der Waals surface area (Å²) in [7, 11) is 0. The van der Waals surface area contributed by atoms with Gasteiger partial charge in [-0.15, -0.1) is 0 Å². The van der Waals surface area contributed by atoms with Gasteiger partial charge in [-0.05, 0) is 38.1 Å². The van der Waals surface area contributed by atoms with E-state index in [1.165, 1.54) is 12.8 Å². The Kier molecular flexibility index (Phi) is 6.97. The third kappa shape index (κ3) is 4.96. The van der Waals surface area contributed by atoms with Gasteiger partial charge in [0.25, 0.3) is 0 Å². The van der Waals surface area contributed by atoms with E-state index in [-0.39, 0.29) is 0 Å². The number of amides is 1. The van der Waals surface area contributed by atoms with Crippen molar-refractivity contribution in [3.05, 3.63) is 0 Å². The molecule has 1 N–H and O–H groups in total. The zero-order valence-electron chi connectivity index (χ0n) is 13.8. The molecule has 21 heavy (non-hydrogen) atoms. The first-order valence-electron chi connectivity index (χ1n) is 8.83. The second-order valence-electron chi connectivity index (χ2n) is 6.63. The third-order valence-corrected chi connectivity index (χ3v) is 5.11. The van der Waals surface area contributed by atoms with Crippen molar-refractivity contribution >= 4 is 5.91 Å². The summed E-state index contributed by atoms with van der Waals surface area (Å²) in [6, 6.07) is 0.398. The van der Waals surface area contributed by atoms with Crippen LogP contribution in [0.1, 0.15) is 52.4 Å². The van der Waals surface area contributed by atoms with Crippen molar-refractivity contribution in [1.29, 1.82) is 0 Å². The second-order valence-corrected chi connectivity index (χ2v) is 6.63. The summed E-state index contributed by atoms with van der Waals surface area (Å²) >= 11 is 0. The van der Waals surface area contributed by atoms with Gasteiger partial charge in [-0.2, -0.15) is 0 Å². The molecular weight excluding hydrogens is 264 g/mol. The van der Waals surface area contributed by atoms with E-state index >= 15 is 0 Å². The van der Waals surface area contributed by atoms with Crippen molar-refractivity contribution in [2.24, 2.45) is 11.8 Å².